The van der Waals surface area contributed by atoms with Gasteiger partial charge in [0.1, 0.15) is 6.04 Å². The van der Waals surface area contributed by atoms with E-state index in [0.29, 0.717) is 31.5 Å². The third-order valence-electron chi connectivity index (χ3n) is 5.21. The molecular formula is C21H31N3O3. The third-order valence-corrected chi connectivity index (χ3v) is 5.21. The zero-order valence-electron chi connectivity index (χ0n) is 17.0. The van der Waals surface area contributed by atoms with Gasteiger partial charge in [-0.25, -0.2) is 0 Å². The lowest BCUT2D eigenvalue weighted by Crippen LogP contribution is -2.53. The molecule has 0 bridgehead atoms. The van der Waals surface area contributed by atoms with Crippen LogP contribution in [0.3, 0.4) is 0 Å². The molecule has 0 saturated carbocycles. The van der Waals surface area contributed by atoms with E-state index in [1.54, 1.807) is 30.0 Å². The maximum atomic E-state index is 13.0. The third kappa shape index (κ3) is 5.08. The number of piperidine rings is 1. The van der Waals surface area contributed by atoms with Gasteiger partial charge in [-0.2, -0.15) is 0 Å². The summed E-state index contributed by atoms with van der Waals surface area (Å²) in [6.07, 6.45) is 1.33. The summed E-state index contributed by atoms with van der Waals surface area (Å²) in [4.78, 5) is 41.2. The van der Waals surface area contributed by atoms with Crippen molar-refractivity contribution in [1.29, 1.82) is 0 Å². The summed E-state index contributed by atoms with van der Waals surface area (Å²) in [5.41, 5.74) is 1.47. The molecule has 1 aromatic rings. The number of carbonyl (C=O) groups is 3. The second kappa shape index (κ2) is 9.02. The van der Waals surface area contributed by atoms with Crippen molar-refractivity contribution in [2.45, 2.75) is 39.7 Å². The van der Waals surface area contributed by atoms with Gasteiger partial charge in [-0.1, -0.05) is 32.0 Å². The molecule has 1 aliphatic rings. The van der Waals surface area contributed by atoms with Crippen molar-refractivity contribution in [3.63, 3.8) is 0 Å². The van der Waals surface area contributed by atoms with Crippen LogP contribution in [-0.2, 0) is 9.59 Å². The van der Waals surface area contributed by atoms with Crippen LogP contribution in [0.15, 0.2) is 24.3 Å². The number of hydrogen-bond donors (Lipinski definition) is 1. The average Bonchev–Trinajstić information content (AvgIpc) is 2.65. The topological polar surface area (TPSA) is 69.7 Å². The minimum absolute atomic E-state index is 0.0217. The van der Waals surface area contributed by atoms with Crippen LogP contribution in [-0.4, -0.2) is 60.7 Å². The lowest BCUT2D eigenvalue weighted by Gasteiger charge is -2.35. The van der Waals surface area contributed by atoms with E-state index in [1.165, 1.54) is 0 Å². The highest BCUT2D eigenvalue weighted by Crippen LogP contribution is 2.21. The van der Waals surface area contributed by atoms with Crippen molar-refractivity contribution >= 4 is 17.7 Å². The fraction of sp³-hybridized carbons (Fsp3) is 0.571. The molecular weight excluding hydrogens is 342 g/mol. The molecule has 0 aromatic heterocycles. The summed E-state index contributed by atoms with van der Waals surface area (Å²) < 4.78 is 0. The Morgan fingerprint density at radius 2 is 1.70 bits per heavy atom. The Labute approximate surface area is 161 Å². The Kier molecular flexibility index (Phi) is 6.99. The molecule has 148 valence electrons. The first-order valence-electron chi connectivity index (χ1n) is 9.58. The van der Waals surface area contributed by atoms with Gasteiger partial charge in [0, 0.05) is 38.7 Å². The number of aryl methyl sites for hydroxylation is 1. The van der Waals surface area contributed by atoms with Gasteiger partial charge in [0.25, 0.3) is 5.91 Å². The number of rotatable bonds is 5. The van der Waals surface area contributed by atoms with E-state index >= 15 is 0 Å². The quantitative estimate of drug-likeness (QED) is 0.859. The molecule has 0 spiro atoms. The molecule has 1 aliphatic heterocycles. The standard InChI is InChI=1S/C21H31N3O3/c1-14(2)18(22-19(25)17-9-7-6-8-15(17)3)21(27)24-12-10-16(11-13-24)20(26)23(4)5/h6-9,14,16,18H,10-13H2,1-5H3,(H,22,25). The first-order chi connectivity index (χ1) is 12.7. The van der Waals surface area contributed by atoms with Crippen molar-refractivity contribution in [3.05, 3.63) is 35.4 Å². The summed E-state index contributed by atoms with van der Waals surface area (Å²) >= 11 is 0. The van der Waals surface area contributed by atoms with E-state index in [0.717, 1.165) is 5.56 Å². The van der Waals surface area contributed by atoms with E-state index in [9.17, 15) is 14.4 Å². The van der Waals surface area contributed by atoms with Crippen molar-refractivity contribution in [2.75, 3.05) is 27.2 Å². The predicted octanol–water partition coefficient (Wildman–Crippen LogP) is 2.08. The van der Waals surface area contributed by atoms with Crippen molar-refractivity contribution in [1.82, 2.24) is 15.1 Å². The minimum atomic E-state index is -0.571. The fourth-order valence-electron chi connectivity index (χ4n) is 3.47. The predicted molar refractivity (Wildman–Crippen MR) is 105 cm³/mol. The van der Waals surface area contributed by atoms with Gasteiger partial charge in [-0.15, -0.1) is 0 Å². The van der Waals surface area contributed by atoms with Gasteiger partial charge in [0.15, 0.2) is 0 Å². The molecule has 1 unspecified atom stereocenters. The molecule has 27 heavy (non-hydrogen) atoms. The number of nitrogens with one attached hydrogen (secondary N) is 1. The fourth-order valence-corrected chi connectivity index (χ4v) is 3.47. The lowest BCUT2D eigenvalue weighted by atomic mass is 9.94. The van der Waals surface area contributed by atoms with Gasteiger partial charge >= 0.3 is 0 Å². The normalized spacial score (nSPS) is 16.1. The minimum Gasteiger partial charge on any atom is -0.349 e. The first-order valence-corrected chi connectivity index (χ1v) is 9.58. The number of amides is 3. The highest BCUT2D eigenvalue weighted by molar-refractivity contribution is 5.98. The molecule has 6 heteroatoms. The summed E-state index contributed by atoms with van der Waals surface area (Å²) in [6, 6.07) is 6.79. The monoisotopic (exact) mass is 373 g/mol. The summed E-state index contributed by atoms with van der Waals surface area (Å²) in [5, 5.41) is 2.92. The second-order valence-corrected chi connectivity index (χ2v) is 7.84. The molecule has 1 aromatic carbocycles. The zero-order chi connectivity index (χ0) is 20.1. The molecule has 0 aliphatic carbocycles. The Bertz CT molecular complexity index is 692. The molecule has 3 amide bonds. The van der Waals surface area contributed by atoms with E-state index in [1.807, 2.05) is 39.0 Å². The highest BCUT2D eigenvalue weighted by atomic mass is 16.2. The van der Waals surface area contributed by atoms with Crippen molar-refractivity contribution in [3.8, 4) is 0 Å². The first kappa shape index (κ1) is 20.9. The summed E-state index contributed by atoms with van der Waals surface area (Å²) in [5.74, 6) is -0.217. The zero-order valence-corrected chi connectivity index (χ0v) is 17.0. The molecule has 0 radical (unpaired) electrons. The van der Waals surface area contributed by atoms with Crippen molar-refractivity contribution < 1.29 is 14.4 Å². The Morgan fingerprint density at radius 1 is 1.11 bits per heavy atom. The molecule has 1 N–H and O–H groups in total. The van der Waals surface area contributed by atoms with Crippen molar-refractivity contribution in [2.24, 2.45) is 11.8 Å². The van der Waals surface area contributed by atoms with E-state index in [2.05, 4.69) is 5.32 Å². The van der Waals surface area contributed by atoms with Crippen LogP contribution in [0.5, 0.6) is 0 Å². The van der Waals surface area contributed by atoms with Gasteiger partial charge in [-0.05, 0) is 37.3 Å². The Balaban J connectivity index is 2.03. The van der Waals surface area contributed by atoms with Crippen LogP contribution in [0, 0.1) is 18.8 Å². The van der Waals surface area contributed by atoms with Crippen LogP contribution in [0.2, 0.25) is 0 Å². The Morgan fingerprint density at radius 3 is 2.22 bits per heavy atom. The summed E-state index contributed by atoms with van der Waals surface area (Å²) in [6.45, 7) is 6.85. The van der Waals surface area contributed by atoms with Crippen LogP contribution < -0.4 is 5.32 Å². The molecule has 1 saturated heterocycles. The molecule has 2 rings (SSSR count). The second-order valence-electron chi connectivity index (χ2n) is 7.84. The smallest absolute Gasteiger partial charge is 0.252 e. The summed E-state index contributed by atoms with van der Waals surface area (Å²) in [7, 11) is 3.52. The maximum absolute atomic E-state index is 13.0. The van der Waals surface area contributed by atoms with E-state index < -0.39 is 6.04 Å². The van der Waals surface area contributed by atoms with Gasteiger partial charge in [0.2, 0.25) is 11.8 Å². The number of carbonyl (C=O) groups excluding carboxylic acids is 3. The number of likely N-dealkylation sites (tertiary alicyclic amines) is 1. The number of nitrogens with zero attached hydrogens (tertiary/aromatic N) is 2. The SMILES string of the molecule is Cc1ccccc1C(=O)NC(C(=O)N1CCC(C(=O)N(C)C)CC1)C(C)C. The number of benzene rings is 1. The van der Waals surface area contributed by atoms with Gasteiger partial charge in [0.05, 0.1) is 0 Å². The molecule has 1 atom stereocenters. The maximum Gasteiger partial charge on any atom is 0.252 e. The van der Waals surface area contributed by atoms with Gasteiger partial charge in [-0.3, -0.25) is 14.4 Å². The van der Waals surface area contributed by atoms with Crippen LogP contribution >= 0.6 is 0 Å². The van der Waals surface area contributed by atoms with E-state index in [-0.39, 0.29) is 29.6 Å². The largest absolute Gasteiger partial charge is 0.349 e. The Hall–Kier alpha value is -2.37. The highest BCUT2D eigenvalue weighted by Gasteiger charge is 2.33. The van der Waals surface area contributed by atoms with Crippen LogP contribution in [0.25, 0.3) is 0 Å². The average molecular weight is 373 g/mol. The van der Waals surface area contributed by atoms with Gasteiger partial charge < -0.3 is 15.1 Å². The number of hydrogen-bond acceptors (Lipinski definition) is 3. The van der Waals surface area contributed by atoms with E-state index in [4.69, 9.17) is 0 Å². The molecule has 1 fully saturated rings. The molecule has 6 nitrogen and oxygen atoms in total. The molecule has 1 heterocycles. The van der Waals surface area contributed by atoms with Crippen LogP contribution in [0.4, 0.5) is 0 Å². The van der Waals surface area contributed by atoms with Crippen LogP contribution in [0.1, 0.15) is 42.6 Å². The lowest BCUT2D eigenvalue weighted by molar-refractivity contribution is -0.140.